The van der Waals surface area contributed by atoms with Gasteiger partial charge in [0.15, 0.2) is 0 Å². The third-order valence-electron chi connectivity index (χ3n) is 3.22. The molecule has 0 radical (unpaired) electrons. The number of aryl methyl sites for hydroxylation is 2. The van der Waals surface area contributed by atoms with Crippen LogP contribution in [0.1, 0.15) is 43.9 Å². The molecule has 0 fully saturated rings. The topological polar surface area (TPSA) is 42.7 Å². The molecule has 4 nitrogen and oxygen atoms in total. The Kier molecular flexibility index (Phi) is 3.66. The van der Waals surface area contributed by atoms with Crippen LogP contribution in [0.4, 0.5) is 0 Å². The number of nitrogens with one attached hydrogen (secondary N) is 1. The minimum absolute atomic E-state index is 0.414. The van der Waals surface area contributed by atoms with E-state index >= 15 is 0 Å². The molecule has 0 bridgehead atoms. The summed E-state index contributed by atoms with van der Waals surface area (Å²) < 4.78 is 2.25. The van der Waals surface area contributed by atoms with Crippen LogP contribution in [0.25, 0.3) is 11.0 Å². The highest BCUT2D eigenvalue weighted by atomic mass is 15.1. The van der Waals surface area contributed by atoms with E-state index in [2.05, 4.69) is 48.8 Å². The van der Waals surface area contributed by atoms with Crippen LogP contribution < -0.4 is 5.32 Å². The molecule has 0 unspecified atom stereocenters. The molecular weight excluding hydrogens is 224 g/mol. The van der Waals surface area contributed by atoms with Crippen molar-refractivity contribution >= 4 is 11.0 Å². The lowest BCUT2D eigenvalue weighted by Crippen LogP contribution is -2.05. The van der Waals surface area contributed by atoms with Crippen LogP contribution in [-0.2, 0) is 13.0 Å². The summed E-state index contributed by atoms with van der Waals surface area (Å²) in [5.74, 6) is 0.927. The van der Waals surface area contributed by atoms with Crippen LogP contribution in [0.15, 0.2) is 6.20 Å². The van der Waals surface area contributed by atoms with Gasteiger partial charge < -0.3 is 9.88 Å². The molecule has 0 saturated carbocycles. The van der Waals surface area contributed by atoms with Crippen molar-refractivity contribution in [3.63, 3.8) is 0 Å². The third-order valence-corrected chi connectivity index (χ3v) is 3.22. The van der Waals surface area contributed by atoms with E-state index in [1.807, 2.05) is 7.05 Å². The van der Waals surface area contributed by atoms with Crippen molar-refractivity contribution in [2.75, 3.05) is 7.05 Å². The van der Waals surface area contributed by atoms with Gasteiger partial charge in [0.2, 0.25) is 0 Å². The number of hydrogen-bond donors (Lipinski definition) is 1. The maximum Gasteiger partial charge on any atom is 0.144 e. The first-order valence-corrected chi connectivity index (χ1v) is 6.60. The van der Waals surface area contributed by atoms with Crippen molar-refractivity contribution in [2.24, 2.45) is 0 Å². The average molecular weight is 246 g/mol. The second kappa shape index (κ2) is 5.06. The van der Waals surface area contributed by atoms with Gasteiger partial charge in [-0.3, -0.25) is 0 Å². The Hall–Kier alpha value is -1.42. The van der Waals surface area contributed by atoms with E-state index in [1.54, 1.807) is 0 Å². The van der Waals surface area contributed by atoms with Crippen molar-refractivity contribution in [1.82, 2.24) is 19.9 Å². The summed E-state index contributed by atoms with van der Waals surface area (Å²) in [6.07, 6.45) is 3.08. The zero-order valence-electron chi connectivity index (χ0n) is 11.9. The quantitative estimate of drug-likeness (QED) is 0.901. The zero-order chi connectivity index (χ0) is 13.3. The Bertz CT molecular complexity index is 554. The highest BCUT2D eigenvalue weighted by Gasteiger charge is 2.15. The molecule has 2 aromatic rings. The fourth-order valence-electron chi connectivity index (χ4n) is 2.35. The molecule has 2 heterocycles. The third kappa shape index (κ3) is 2.12. The number of nitrogens with zero attached hydrogens (tertiary/aromatic N) is 3. The molecule has 0 aliphatic carbocycles. The minimum atomic E-state index is 0.414. The lowest BCUT2D eigenvalue weighted by atomic mass is 10.2. The predicted molar refractivity (Wildman–Crippen MR) is 74.8 cm³/mol. The lowest BCUT2D eigenvalue weighted by molar-refractivity contribution is 0.613. The van der Waals surface area contributed by atoms with Gasteiger partial charge in [-0.25, -0.2) is 9.97 Å². The largest absolute Gasteiger partial charge is 0.330 e. The Morgan fingerprint density at radius 3 is 2.61 bits per heavy atom. The highest BCUT2D eigenvalue weighted by Crippen LogP contribution is 2.25. The summed E-state index contributed by atoms with van der Waals surface area (Å²) in [6.45, 7) is 9.40. The summed E-state index contributed by atoms with van der Waals surface area (Å²) in [5, 5.41) is 4.42. The van der Waals surface area contributed by atoms with Crippen molar-refractivity contribution in [3.05, 3.63) is 23.3 Å². The number of rotatable bonds is 4. The fourth-order valence-corrected chi connectivity index (χ4v) is 2.35. The molecule has 2 aromatic heterocycles. The number of hydrogen-bond acceptors (Lipinski definition) is 3. The van der Waals surface area contributed by atoms with E-state index in [0.717, 1.165) is 30.1 Å². The van der Waals surface area contributed by atoms with Gasteiger partial charge in [0, 0.05) is 30.6 Å². The molecule has 0 amide bonds. The molecule has 1 N–H and O–H groups in total. The number of fused-ring (bicyclic) bond motifs is 1. The van der Waals surface area contributed by atoms with Crippen LogP contribution in [0.5, 0.6) is 0 Å². The van der Waals surface area contributed by atoms with Gasteiger partial charge >= 0.3 is 0 Å². The lowest BCUT2D eigenvalue weighted by Gasteiger charge is -2.09. The van der Waals surface area contributed by atoms with E-state index in [9.17, 15) is 0 Å². The Labute approximate surface area is 108 Å². The van der Waals surface area contributed by atoms with E-state index in [0.29, 0.717) is 6.04 Å². The fraction of sp³-hybridized carbons (Fsp3) is 0.571. The van der Waals surface area contributed by atoms with E-state index in [-0.39, 0.29) is 0 Å². The van der Waals surface area contributed by atoms with E-state index < -0.39 is 0 Å². The van der Waals surface area contributed by atoms with Crippen LogP contribution in [-0.4, -0.2) is 21.6 Å². The van der Waals surface area contributed by atoms with Gasteiger partial charge in [-0.05, 0) is 33.4 Å². The highest BCUT2D eigenvalue weighted by molar-refractivity contribution is 5.83. The Morgan fingerprint density at radius 1 is 1.33 bits per heavy atom. The maximum absolute atomic E-state index is 4.70. The molecule has 4 heteroatoms. The molecular formula is C14H22N4. The van der Waals surface area contributed by atoms with Gasteiger partial charge in [0.05, 0.1) is 5.69 Å². The summed E-state index contributed by atoms with van der Waals surface area (Å²) in [6, 6.07) is 0.414. The van der Waals surface area contributed by atoms with Gasteiger partial charge in [0.25, 0.3) is 0 Å². The predicted octanol–water partition coefficient (Wildman–Crippen LogP) is 2.60. The van der Waals surface area contributed by atoms with Crippen molar-refractivity contribution < 1.29 is 0 Å². The van der Waals surface area contributed by atoms with Crippen LogP contribution >= 0.6 is 0 Å². The molecule has 0 aromatic carbocycles. The van der Waals surface area contributed by atoms with Crippen molar-refractivity contribution in [2.45, 2.75) is 46.7 Å². The van der Waals surface area contributed by atoms with Crippen LogP contribution in [0, 0.1) is 6.92 Å². The van der Waals surface area contributed by atoms with Crippen LogP contribution in [0.3, 0.4) is 0 Å². The Morgan fingerprint density at radius 2 is 2.06 bits per heavy atom. The summed E-state index contributed by atoms with van der Waals surface area (Å²) in [5.41, 5.74) is 3.43. The van der Waals surface area contributed by atoms with E-state index in [1.165, 1.54) is 10.9 Å². The first kappa shape index (κ1) is 13.0. The first-order chi connectivity index (χ1) is 8.58. The normalized spacial score (nSPS) is 11.7. The summed E-state index contributed by atoms with van der Waals surface area (Å²) >= 11 is 0. The van der Waals surface area contributed by atoms with Crippen molar-refractivity contribution in [1.29, 1.82) is 0 Å². The van der Waals surface area contributed by atoms with Crippen LogP contribution in [0.2, 0.25) is 0 Å². The monoisotopic (exact) mass is 246 g/mol. The second-order valence-electron chi connectivity index (χ2n) is 4.96. The van der Waals surface area contributed by atoms with Gasteiger partial charge in [-0.2, -0.15) is 0 Å². The molecule has 0 spiro atoms. The molecule has 0 aliphatic heterocycles. The molecule has 18 heavy (non-hydrogen) atoms. The molecule has 0 aliphatic rings. The molecule has 98 valence electrons. The summed E-state index contributed by atoms with van der Waals surface area (Å²) in [7, 11) is 1.97. The van der Waals surface area contributed by atoms with Crippen molar-refractivity contribution in [3.8, 4) is 0 Å². The summed E-state index contributed by atoms with van der Waals surface area (Å²) in [4.78, 5) is 9.29. The first-order valence-electron chi connectivity index (χ1n) is 6.60. The van der Waals surface area contributed by atoms with E-state index in [4.69, 9.17) is 4.98 Å². The van der Waals surface area contributed by atoms with Gasteiger partial charge in [-0.15, -0.1) is 0 Å². The molecule has 0 atom stereocenters. The molecule has 0 saturated heterocycles. The molecule has 2 rings (SSSR count). The second-order valence-corrected chi connectivity index (χ2v) is 4.96. The SMILES string of the molecule is CCc1nc(C)c2c(CNC)cn(C(C)C)c2n1. The standard InChI is InChI=1S/C14H22N4/c1-6-12-16-10(4)13-11(7-15-5)8-18(9(2)3)14(13)17-12/h8-9,15H,6-7H2,1-5H3. The maximum atomic E-state index is 4.70. The minimum Gasteiger partial charge on any atom is -0.330 e. The number of aromatic nitrogens is 3. The zero-order valence-corrected chi connectivity index (χ0v) is 11.9. The Balaban J connectivity index is 2.74. The average Bonchev–Trinajstić information content (AvgIpc) is 2.69. The van der Waals surface area contributed by atoms with Gasteiger partial charge in [-0.1, -0.05) is 6.92 Å². The smallest absolute Gasteiger partial charge is 0.144 e. The van der Waals surface area contributed by atoms with Gasteiger partial charge in [0.1, 0.15) is 11.5 Å².